The normalized spacial score (nSPS) is 20.9. The molecule has 1 aliphatic carbocycles. The first-order valence-electron chi connectivity index (χ1n) is 7.89. The lowest BCUT2D eigenvalue weighted by Crippen LogP contribution is -2.31. The molecule has 0 saturated carbocycles. The van der Waals surface area contributed by atoms with Gasteiger partial charge >= 0.3 is 0 Å². The number of allylic oxidation sites excluding steroid dienone is 3. The summed E-state index contributed by atoms with van der Waals surface area (Å²) < 4.78 is 1.02. The first-order chi connectivity index (χ1) is 12.1. The molecule has 0 fully saturated rings. The average molecular weight is 416 g/mol. The highest BCUT2D eigenvalue weighted by Crippen LogP contribution is 2.31. The molecule has 7 heteroatoms. The van der Waals surface area contributed by atoms with E-state index < -0.39 is 0 Å². The lowest BCUT2D eigenvalue weighted by atomic mass is 9.97. The van der Waals surface area contributed by atoms with Crippen molar-refractivity contribution in [1.29, 1.82) is 0 Å². The van der Waals surface area contributed by atoms with Crippen molar-refractivity contribution in [3.05, 3.63) is 52.5 Å². The van der Waals surface area contributed by atoms with Gasteiger partial charge in [-0.15, -0.1) is 0 Å². The van der Waals surface area contributed by atoms with Crippen molar-refractivity contribution in [1.82, 2.24) is 0 Å². The van der Waals surface area contributed by atoms with Gasteiger partial charge < -0.3 is 4.90 Å². The molecule has 126 valence electrons. The largest absolute Gasteiger partial charge is 0.311 e. The van der Waals surface area contributed by atoms with Gasteiger partial charge in [0.05, 0.1) is 11.5 Å². The molecule has 3 aliphatic rings. The number of aliphatic imine (C=N–C) groups is 2. The van der Waals surface area contributed by atoms with Gasteiger partial charge in [-0.2, -0.15) is 4.99 Å². The summed E-state index contributed by atoms with van der Waals surface area (Å²) >= 11 is 4.67. The summed E-state index contributed by atoms with van der Waals surface area (Å²) in [6, 6.07) is 5.95. The highest BCUT2D eigenvalue weighted by Gasteiger charge is 2.28. The van der Waals surface area contributed by atoms with Crippen LogP contribution >= 0.6 is 27.7 Å². The van der Waals surface area contributed by atoms with Crippen LogP contribution in [0.3, 0.4) is 0 Å². The summed E-state index contributed by atoms with van der Waals surface area (Å²) in [5.41, 5.74) is 2.82. The van der Waals surface area contributed by atoms with Crippen LogP contribution in [0.5, 0.6) is 0 Å². The Labute approximate surface area is 157 Å². The number of rotatable bonds is 2. The summed E-state index contributed by atoms with van der Waals surface area (Å²) in [5, 5.41) is 0.361. The Morgan fingerprint density at radius 2 is 2.20 bits per heavy atom. The van der Waals surface area contributed by atoms with Crippen LogP contribution in [0.25, 0.3) is 0 Å². The van der Waals surface area contributed by atoms with E-state index in [0.29, 0.717) is 17.4 Å². The molecule has 0 saturated heterocycles. The Balaban J connectivity index is 1.44. The fourth-order valence-corrected chi connectivity index (χ4v) is 4.19. The van der Waals surface area contributed by atoms with Crippen molar-refractivity contribution in [3.8, 4) is 0 Å². The Bertz CT molecular complexity index is 888. The van der Waals surface area contributed by atoms with Gasteiger partial charge in [0.1, 0.15) is 5.92 Å². The molecular formula is C18H14BrN3O2S. The molecule has 1 atom stereocenters. The van der Waals surface area contributed by atoms with E-state index in [9.17, 15) is 9.59 Å². The summed E-state index contributed by atoms with van der Waals surface area (Å²) in [5.74, 6) is -0.392. The van der Waals surface area contributed by atoms with Crippen molar-refractivity contribution in [2.24, 2.45) is 15.9 Å². The van der Waals surface area contributed by atoms with Crippen LogP contribution in [-0.2, 0) is 16.0 Å². The van der Waals surface area contributed by atoms with Crippen LogP contribution in [-0.4, -0.2) is 35.0 Å². The van der Waals surface area contributed by atoms with Crippen molar-refractivity contribution >= 4 is 56.1 Å². The Morgan fingerprint density at radius 1 is 1.32 bits per heavy atom. The molecule has 0 spiro atoms. The lowest BCUT2D eigenvalue weighted by molar-refractivity contribution is -0.118. The summed E-state index contributed by atoms with van der Waals surface area (Å²) in [7, 11) is 0. The zero-order chi connectivity index (χ0) is 17.4. The fraction of sp³-hybridized carbons (Fsp3) is 0.222. The van der Waals surface area contributed by atoms with Crippen LogP contribution in [0, 0.1) is 5.92 Å². The second-order valence-electron chi connectivity index (χ2n) is 5.85. The van der Waals surface area contributed by atoms with Crippen molar-refractivity contribution in [3.63, 3.8) is 0 Å². The number of nitrogens with zero attached hydrogens (tertiary/aromatic N) is 3. The lowest BCUT2D eigenvalue weighted by Gasteiger charge is -2.19. The average Bonchev–Trinajstić information content (AvgIpc) is 3.03. The van der Waals surface area contributed by atoms with E-state index in [1.54, 1.807) is 11.0 Å². The first-order valence-corrected chi connectivity index (χ1v) is 9.67. The number of halogens is 1. The number of carbonyl (C=O) groups is 2. The van der Waals surface area contributed by atoms with Gasteiger partial charge in [0, 0.05) is 16.7 Å². The van der Waals surface area contributed by atoms with E-state index in [-0.39, 0.29) is 23.5 Å². The minimum Gasteiger partial charge on any atom is -0.311 e. The third-order valence-electron chi connectivity index (χ3n) is 4.26. The molecule has 0 aromatic heterocycles. The predicted octanol–water partition coefficient (Wildman–Crippen LogP) is 3.15. The molecule has 2 heterocycles. The number of amides is 2. The molecule has 2 amide bonds. The maximum Gasteiger partial charge on any atom is 0.261 e. The number of hydrogen-bond acceptors (Lipinski definition) is 4. The summed E-state index contributed by atoms with van der Waals surface area (Å²) in [4.78, 5) is 34.9. The van der Waals surface area contributed by atoms with E-state index in [1.165, 1.54) is 17.3 Å². The smallest absolute Gasteiger partial charge is 0.261 e. The molecule has 1 unspecified atom stereocenters. The highest BCUT2D eigenvalue weighted by molar-refractivity contribution is 9.10. The van der Waals surface area contributed by atoms with Crippen molar-refractivity contribution in [2.45, 2.75) is 6.42 Å². The number of amidine groups is 1. The minimum atomic E-state index is -0.381. The van der Waals surface area contributed by atoms with E-state index in [1.807, 2.05) is 30.4 Å². The van der Waals surface area contributed by atoms with Gasteiger partial charge in [-0.25, -0.2) is 4.99 Å². The summed E-state index contributed by atoms with van der Waals surface area (Å²) in [6.07, 6.45) is 8.12. The van der Waals surface area contributed by atoms with Gasteiger partial charge in [0.25, 0.3) is 5.91 Å². The summed E-state index contributed by atoms with van der Waals surface area (Å²) in [6.45, 7) is 0.681. The number of thioether (sulfide) groups is 1. The van der Waals surface area contributed by atoms with Gasteiger partial charge in [-0.3, -0.25) is 9.59 Å². The third-order valence-corrected chi connectivity index (χ3v) is 5.59. The maximum atomic E-state index is 12.6. The first kappa shape index (κ1) is 16.5. The molecule has 0 radical (unpaired) electrons. The number of benzene rings is 1. The van der Waals surface area contributed by atoms with Crippen LogP contribution in [0.1, 0.15) is 5.56 Å². The molecule has 1 aromatic carbocycles. The number of anilines is 1. The van der Waals surface area contributed by atoms with Gasteiger partial charge in [0.2, 0.25) is 5.91 Å². The van der Waals surface area contributed by atoms with Crippen molar-refractivity contribution in [2.75, 3.05) is 17.2 Å². The van der Waals surface area contributed by atoms with Gasteiger partial charge in [-0.05, 0) is 36.3 Å². The number of fused-ring (bicyclic) bond motifs is 2. The molecule has 5 nitrogen and oxygen atoms in total. The Kier molecular flexibility index (Phi) is 4.43. The second-order valence-corrected chi connectivity index (χ2v) is 7.71. The molecular weight excluding hydrogens is 402 g/mol. The zero-order valence-electron chi connectivity index (χ0n) is 13.2. The van der Waals surface area contributed by atoms with Crippen molar-refractivity contribution < 1.29 is 9.59 Å². The highest BCUT2D eigenvalue weighted by atomic mass is 79.9. The number of hydrogen-bond donors (Lipinski definition) is 0. The van der Waals surface area contributed by atoms with E-state index in [2.05, 4.69) is 32.0 Å². The van der Waals surface area contributed by atoms with E-state index in [0.717, 1.165) is 16.6 Å². The molecule has 2 aliphatic heterocycles. The maximum absolute atomic E-state index is 12.6. The molecule has 0 N–H and O–H groups in total. The second kappa shape index (κ2) is 6.72. The van der Waals surface area contributed by atoms with Gasteiger partial charge in [0.15, 0.2) is 5.17 Å². The van der Waals surface area contributed by atoms with Crippen LogP contribution < -0.4 is 4.90 Å². The van der Waals surface area contributed by atoms with E-state index >= 15 is 0 Å². The zero-order valence-corrected chi connectivity index (χ0v) is 15.6. The Morgan fingerprint density at radius 3 is 3.08 bits per heavy atom. The van der Waals surface area contributed by atoms with Crippen LogP contribution in [0.2, 0.25) is 0 Å². The predicted molar refractivity (Wildman–Crippen MR) is 104 cm³/mol. The topological polar surface area (TPSA) is 62.1 Å². The molecule has 25 heavy (non-hydrogen) atoms. The van der Waals surface area contributed by atoms with Crippen LogP contribution in [0.4, 0.5) is 5.69 Å². The monoisotopic (exact) mass is 415 g/mol. The van der Waals surface area contributed by atoms with Gasteiger partial charge in [-0.1, -0.05) is 45.9 Å². The minimum absolute atomic E-state index is 0.00243. The van der Waals surface area contributed by atoms with E-state index in [4.69, 9.17) is 0 Å². The standard InChI is InChI=1S/C18H14BrN3O2S/c19-12-5-6-15-11(9-12)7-8-22(15)16(23)10-25-18-20-14-4-2-1-3-13(14)17(24)21-18/h1-6,9,13H,7-8,10H2. The van der Waals surface area contributed by atoms with Crippen LogP contribution in [0.15, 0.2) is 57.0 Å². The Hall–Kier alpha value is -1.99. The molecule has 1 aromatic rings. The number of carbonyl (C=O) groups excluding carboxylic acids is 2. The third kappa shape index (κ3) is 3.26. The molecule has 4 rings (SSSR count). The molecule has 0 bridgehead atoms. The quantitative estimate of drug-likeness (QED) is 0.744. The SMILES string of the molecule is O=C1N=C(SCC(=O)N2CCc3cc(Br)ccc32)N=C2C=CC=CC12. The fourth-order valence-electron chi connectivity index (χ4n) is 3.04.